The molecule has 1 saturated heterocycles. The number of furan rings is 1. The topological polar surface area (TPSA) is 61.6 Å². The number of benzene rings is 1. The monoisotopic (exact) mass is 382 g/mol. The number of nitrogens with zero attached hydrogens (tertiary/aromatic N) is 3. The lowest BCUT2D eigenvalue weighted by atomic mass is 10.2. The number of piperazine rings is 1. The molecule has 3 aromatic rings. The highest BCUT2D eigenvalue weighted by Gasteiger charge is 2.18. The average Bonchev–Trinajstić information content (AvgIpc) is 3.24. The lowest BCUT2D eigenvalue weighted by Crippen LogP contribution is -2.46. The van der Waals surface area contributed by atoms with Crippen molar-refractivity contribution < 1.29 is 9.21 Å². The molecule has 3 heterocycles. The molecule has 1 fully saturated rings. The second kappa shape index (κ2) is 7.72. The molecule has 2 aromatic heterocycles. The summed E-state index contributed by atoms with van der Waals surface area (Å²) in [6, 6.07) is 15.0. The first-order chi connectivity index (χ1) is 13.2. The van der Waals surface area contributed by atoms with Crippen LogP contribution in [0.4, 0.5) is 17.2 Å². The predicted molar refractivity (Wildman–Crippen MR) is 107 cm³/mol. The predicted octanol–water partition coefficient (Wildman–Crippen LogP) is 3.91. The molecule has 138 valence electrons. The molecule has 0 spiro atoms. The fraction of sp³-hybridized carbons (Fsp3) is 0.200. The number of pyridine rings is 1. The molecule has 1 aromatic carbocycles. The molecule has 1 aliphatic heterocycles. The van der Waals surface area contributed by atoms with Crippen molar-refractivity contribution in [3.63, 3.8) is 0 Å². The molecule has 0 radical (unpaired) electrons. The van der Waals surface area contributed by atoms with Crippen molar-refractivity contribution in [1.29, 1.82) is 0 Å². The molecule has 27 heavy (non-hydrogen) atoms. The van der Waals surface area contributed by atoms with E-state index in [4.69, 9.17) is 16.0 Å². The van der Waals surface area contributed by atoms with Crippen LogP contribution in [0.2, 0.25) is 5.02 Å². The molecule has 1 N–H and O–H groups in total. The van der Waals surface area contributed by atoms with Gasteiger partial charge in [0.15, 0.2) is 5.76 Å². The first-order valence-electron chi connectivity index (χ1n) is 8.75. The van der Waals surface area contributed by atoms with Crippen LogP contribution >= 0.6 is 11.6 Å². The summed E-state index contributed by atoms with van der Waals surface area (Å²) in [4.78, 5) is 21.0. The van der Waals surface area contributed by atoms with E-state index in [9.17, 15) is 4.79 Å². The molecule has 0 aliphatic carbocycles. The number of aromatic nitrogens is 1. The molecule has 1 aliphatic rings. The number of carbonyl (C=O) groups is 1. The molecule has 1 amide bonds. The number of carbonyl (C=O) groups excluding carboxylic acids is 1. The Labute approximate surface area is 162 Å². The molecule has 4 rings (SSSR count). The highest BCUT2D eigenvalue weighted by molar-refractivity contribution is 6.30. The lowest BCUT2D eigenvalue weighted by molar-refractivity contribution is 0.0996. The molecule has 0 saturated carbocycles. The summed E-state index contributed by atoms with van der Waals surface area (Å²) in [5.74, 6) is 0.887. The maximum atomic E-state index is 12.0. The normalized spacial score (nSPS) is 14.3. The third kappa shape index (κ3) is 4.06. The zero-order chi connectivity index (χ0) is 18.6. The van der Waals surface area contributed by atoms with E-state index >= 15 is 0 Å². The molecule has 0 unspecified atom stereocenters. The van der Waals surface area contributed by atoms with Crippen molar-refractivity contribution in [2.24, 2.45) is 0 Å². The highest BCUT2D eigenvalue weighted by Crippen LogP contribution is 2.23. The molecule has 0 bridgehead atoms. The third-order valence-corrected chi connectivity index (χ3v) is 4.76. The molecular weight excluding hydrogens is 364 g/mol. The Balaban J connectivity index is 1.35. The summed E-state index contributed by atoms with van der Waals surface area (Å²) in [5.41, 5.74) is 1.78. The van der Waals surface area contributed by atoms with Crippen LogP contribution in [0, 0.1) is 0 Å². The van der Waals surface area contributed by atoms with Crippen LogP contribution in [0.3, 0.4) is 0 Å². The van der Waals surface area contributed by atoms with Gasteiger partial charge in [-0.1, -0.05) is 17.7 Å². The molecule has 6 nitrogen and oxygen atoms in total. The maximum absolute atomic E-state index is 12.0. The van der Waals surface area contributed by atoms with E-state index in [1.165, 1.54) is 6.26 Å². The van der Waals surface area contributed by atoms with Crippen LogP contribution in [-0.2, 0) is 0 Å². The van der Waals surface area contributed by atoms with Crippen LogP contribution in [0.25, 0.3) is 0 Å². The zero-order valence-electron chi connectivity index (χ0n) is 14.6. The number of amides is 1. The van der Waals surface area contributed by atoms with Gasteiger partial charge in [0.05, 0.1) is 18.1 Å². The van der Waals surface area contributed by atoms with Gasteiger partial charge in [-0.05, 0) is 42.5 Å². The molecule has 7 heteroatoms. The van der Waals surface area contributed by atoms with Crippen molar-refractivity contribution in [1.82, 2.24) is 4.98 Å². The van der Waals surface area contributed by atoms with Crippen molar-refractivity contribution >= 4 is 34.7 Å². The van der Waals surface area contributed by atoms with Crippen LogP contribution in [0.1, 0.15) is 10.6 Å². The van der Waals surface area contributed by atoms with Crippen molar-refractivity contribution in [3.05, 3.63) is 71.8 Å². The van der Waals surface area contributed by atoms with E-state index in [2.05, 4.69) is 26.2 Å². The second-order valence-electron chi connectivity index (χ2n) is 6.29. The Kier molecular flexibility index (Phi) is 4.98. The van der Waals surface area contributed by atoms with Crippen molar-refractivity contribution in [2.75, 3.05) is 41.3 Å². The Morgan fingerprint density at radius 1 is 1.04 bits per heavy atom. The van der Waals surface area contributed by atoms with Gasteiger partial charge in [0, 0.05) is 36.9 Å². The van der Waals surface area contributed by atoms with Crippen LogP contribution in [-0.4, -0.2) is 37.1 Å². The van der Waals surface area contributed by atoms with E-state index < -0.39 is 0 Å². The van der Waals surface area contributed by atoms with E-state index in [1.54, 1.807) is 18.3 Å². The largest absolute Gasteiger partial charge is 0.459 e. The number of hydrogen-bond acceptors (Lipinski definition) is 5. The Morgan fingerprint density at radius 3 is 2.52 bits per heavy atom. The summed E-state index contributed by atoms with van der Waals surface area (Å²) in [6.07, 6.45) is 3.14. The summed E-state index contributed by atoms with van der Waals surface area (Å²) in [7, 11) is 0. The molecule has 0 atom stereocenters. The van der Waals surface area contributed by atoms with Gasteiger partial charge in [-0.25, -0.2) is 4.98 Å². The third-order valence-electron chi connectivity index (χ3n) is 4.53. The van der Waals surface area contributed by atoms with E-state index in [1.807, 2.05) is 30.3 Å². The van der Waals surface area contributed by atoms with E-state index in [-0.39, 0.29) is 11.7 Å². The quantitative estimate of drug-likeness (QED) is 0.741. The smallest absolute Gasteiger partial charge is 0.291 e. The Morgan fingerprint density at radius 2 is 1.85 bits per heavy atom. The second-order valence-corrected chi connectivity index (χ2v) is 6.73. The zero-order valence-corrected chi connectivity index (χ0v) is 15.4. The van der Waals surface area contributed by atoms with E-state index in [0.717, 1.165) is 42.7 Å². The van der Waals surface area contributed by atoms with Gasteiger partial charge in [0.2, 0.25) is 0 Å². The van der Waals surface area contributed by atoms with Gasteiger partial charge in [-0.15, -0.1) is 0 Å². The minimum atomic E-state index is -0.287. The lowest BCUT2D eigenvalue weighted by Gasteiger charge is -2.36. The number of nitrogens with one attached hydrogen (secondary N) is 1. The van der Waals surface area contributed by atoms with Gasteiger partial charge in [-0.3, -0.25) is 4.79 Å². The molecular formula is C20H19ClN4O2. The first-order valence-corrected chi connectivity index (χ1v) is 9.13. The number of halogens is 1. The minimum absolute atomic E-state index is 0.274. The first kappa shape index (κ1) is 17.4. The number of rotatable bonds is 4. The SMILES string of the molecule is O=C(Nc1ccc(N2CCN(c3cccc(Cl)c3)CC2)nc1)c1ccco1. The number of anilines is 3. The van der Waals surface area contributed by atoms with Gasteiger partial charge >= 0.3 is 0 Å². The van der Waals surface area contributed by atoms with Gasteiger partial charge < -0.3 is 19.5 Å². The highest BCUT2D eigenvalue weighted by atomic mass is 35.5. The fourth-order valence-electron chi connectivity index (χ4n) is 3.11. The van der Waals surface area contributed by atoms with Crippen LogP contribution in [0.15, 0.2) is 65.4 Å². The van der Waals surface area contributed by atoms with Crippen LogP contribution in [0.5, 0.6) is 0 Å². The summed E-state index contributed by atoms with van der Waals surface area (Å²) in [5, 5.41) is 3.53. The van der Waals surface area contributed by atoms with Crippen LogP contribution < -0.4 is 15.1 Å². The van der Waals surface area contributed by atoms with Gasteiger partial charge in [-0.2, -0.15) is 0 Å². The standard InChI is InChI=1S/C20H19ClN4O2/c21-15-3-1-4-17(13-15)24-8-10-25(11-9-24)19-7-6-16(14-22-19)23-20(26)18-5-2-12-27-18/h1-7,12-14H,8-11H2,(H,23,26). The number of hydrogen-bond donors (Lipinski definition) is 1. The summed E-state index contributed by atoms with van der Waals surface area (Å²) in [6.45, 7) is 3.55. The summed E-state index contributed by atoms with van der Waals surface area (Å²) < 4.78 is 5.09. The summed E-state index contributed by atoms with van der Waals surface area (Å²) >= 11 is 6.09. The fourth-order valence-corrected chi connectivity index (χ4v) is 3.30. The maximum Gasteiger partial charge on any atom is 0.291 e. The average molecular weight is 383 g/mol. The van der Waals surface area contributed by atoms with Crippen molar-refractivity contribution in [2.45, 2.75) is 0 Å². The van der Waals surface area contributed by atoms with E-state index in [0.29, 0.717) is 5.69 Å². The Bertz CT molecular complexity index is 904. The van der Waals surface area contributed by atoms with Gasteiger partial charge in [0.1, 0.15) is 5.82 Å². The van der Waals surface area contributed by atoms with Gasteiger partial charge in [0.25, 0.3) is 5.91 Å². The minimum Gasteiger partial charge on any atom is -0.459 e. The van der Waals surface area contributed by atoms with Crippen molar-refractivity contribution in [3.8, 4) is 0 Å². The Hall–Kier alpha value is -2.99.